The maximum atomic E-state index is 6.79. The smallest absolute Gasteiger partial charge is 0.160 e. The molecule has 0 saturated carbocycles. The first kappa shape index (κ1) is 20.7. The summed E-state index contributed by atoms with van der Waals surface area (Å²) in [4.78, 5) is 4.51. The zero-order chi connectivity index (χ0) is 25.5. The van der Waals surface area contributed by atoms with Gasteiger partial charge in [-0.25, -0.2) is 0 Å². The molecular formula is C35H21N3O. The fraction of sp³-hybridized carbons (Fsp3) is 0. The lowest BCUT2D eigenvalue weighted by atomic mass is 10.0. The molecule has 0 saturated heterocycles. The maximum absolute atomic E-state index is 6.79. The lowest BCUT2D eigenvalue weighted by molar-refractivity contribution is 0.671. The Balaban J connectivity index is 1.70. The highest BCUT2D eigenvalue weighted by molar-refractivity contribution is 6.39. The first-order chi connectivity index (χ1) is 19.4. The Hall–Kier alpha value is -5.35. The standard InChI is InChI=1S/C35H21N3O/c1-2-11-22(12-3-1)37-28-18-8-5-15-25(28)32-33-30(31-26-16-6-9-19-29(26)39-35(31)34(32)37)24-14-4-7-17-27(24)38(33)23-13-10-20-36-21-23/h1-21H. The van der Waals surface area contributed by atoms with Gasteiger partial charge in [0.25, 0.3) is 0 Å². The number of fused-ring (bicyclic) bond motifs is 12. The number of para-hydroxylation sites is 4. The fourth-order valence-corrected chi connectivity index (χ4v) is 6.48. The van der Waals surface area contributed by atoms with Gasteiger partial charge in [0.2, 0.25) is 0 Å². The van der Waals surface area contributed by atoms with Crippen LogP contribution in [0.4, 0.5) is 0 Å². The lowest BCUT2D eigenvalue weighted by Crippen LogP contribution is -1.96. The second-order valence-corrected chi connectivity index (χ2v) is 10.0. The van der Waals surface area contributed by atoms with Crippen LogP contribution in [0.5, 0.6) is 0 Å². The summed E-state index contributed by atoms with van der Waals surface area (Å²) in [6.45, 7) is 0. The van der Waals surface area contributed by atoms with Gasteiger partial charge >= 0.3 is 0 Å². The Morgan fingerprint density at radius 3 is 1.85 bits per heavy atom. The van der Waals surface area contributed by atoms with Crippen LogP contribution in [0.3, 0.4) is 0 Å². The zero-order valence-corrected chi connectivity index (χ0v) is 20.9. The molecule has 0 unspecified atom stereocenters. The summed E-state index contributed by atoms with van der Waals surface area (Å²) in [5, 5.41) is 7.04. The van der Waals surface area contributed by atoms with Crippen molar-refractivity contribution in [3.63, 3.8) is 0 Å². The number of pyridine rings is 1. The highest BCUT2D eigenvalue weighted by Gasteiger charge is 2.27. The minimum absolute atomic E-state index is 0.893. The molecule has 4 heterocycles. The van der Waals surface area contributed by atoms with Crippen molar-refractivity contribution in [1.29, 1.82) is 0 Å². The van der Waals surface area contributed by atoms with Gasteiger partial charge < -0.3 is 13.6 Å². The van der Waals surface area contributed by atoms with Gasteiger partial charge in [0.1, 0.15) is 5.58 Å². The van der Waals surface area contributed by atoms with E-state index in [1.807, 2.05) is 24.5 Å². The average molecular weight is 500 g/mol. The van der Waals surface area contributed by atoms with Crippen LogP contribution in [0, 0.1) is 0 Å². The molecule has 4 aromatic heterocycles. The molecule has 182 valence electrons. The second kappa shape index (κ2) is 7.59. The first-order valence-corrected chi connectivity index (χ1v) is 13.2. The van der Waals surface area contributed by atoms with Crippen molar-refractivity contribution in [3.05, 3.63) is 128 Å². The van der Waals surface area contributed by atoms with Crippen LogP contribution < -0.4 is 0 Å². The Labute approximate surface area is 222 Å². The molecule has 0 spiro atoms. The molecule has 0 fully saturated rings. The van der Waals surface area contributed by atoms with Crippen LogP contribution in [0.15, 0.2) is 132 Å². The quantitative estimate of drug-likeness (QED) is 0.238. The third-order valence-corrected chi connectivity index (χ3v) is 7.97. The van der Waals surface area contributed by atoms with Crippen LogP contribution in [-0.2, 0) is 0 Å². The molecule has 0 bridgehead atoms. The van der Waals surface area contributed by atoms with Crippen molar-refractivity contribution >= 4 is 65.6 Å². The molecule has 9 aromatic rings. The summed E-state index contributed by atoms with van der Waals surface area (Å²) in [6.07, 6.45) is 3.78. The fourth-order valence-electron chi connectivity index (χ4n) is 6.48. The Kier molecular flexibility index (Phi) is 4.02. The van der Waals surface area contributed by atoms with Crippen LogP contribution in [-0.4, -0.2) is 14.1 Å². The minimum Gasteiger partial charge on any atom is -0.454 e. The molecule has 5 aromatic carbocycles. The number of hydrogen-bond acceptors (Lipinski definition) is 2. The van der Waals surface area contributed by atoms with Crippen LogP contribution >= 0.6 is 0 Å². The summed E-state index contributed by atoms with van der Waals surface area (Å²) in [6, 6.07) is 40.5. The van der Waals surface area contributed by atoms with E-state index in [0.29, 0.717) is 0 Å². The van der Waals surface area contributed by atoms with Gasteiger partial charge in [-0.3, -0.25) is 4.98 Å². The normalized spacial score (nSPS) is 12.1. The predicted octanol–water partition coefficient (Wildman–Crippen LogP) is 9.18. The monoisotopic (exact) mass is 499 g/mol. The molecule has 0 radical (unpaired) electrons. The summed E-state index contributed by atoms with van der Waals surface area (Å²) in [7, 11) is 0. The van der Waals surface area contributed by atoms with Crippen LogP contribution in [0.1, 0.15) is 0 Å². The zero-order valence-electron chi connectivity index (χ0n) is 20.9. The molecule has 0 aliphatic carbocycles. The Morgan fingerprint density at radius 1 is 0.487 bits per heavy atom. The van der Waals surface area contributed by atoms with E-state index in [-0.39, 0.29) is 0 Å². The minimum atomic E-state index is 0.893. The SMILES string of the molecule is c1ccc(-n2c3ccccc3c3c2c2oc4ccccc4c2c2c4ccccc4n(-c4cccnc4)c23)cc1. The van der Waals surface area contributed by atoms with E-state index in [9.17, 15) is 0 Å². The second-order valence-electron chi connectivity index (χ2n) is 10.0. The summed E-state index contributed by atoms with van der Waals surface area (Å²) in [5.74, 6) is 0. The van der Waals surface area contributed by atoms with Crippen molar-refractivity contribution < 1.29 is 4.42 Å². The molecule has 0 N–H and O–H groups in total. The highest BCUT2D eigenvalue weighted by Crippen LogP contribution is 2.49. The molecule has 4 nitrogen and oxygen atoms in total. The summed E-state index contributed by atoms with van der Waals surface area (Å²) in [5.41, 5.74) is 8.49. The van der Waals surface area contributed by atoms with Crippen molar-refractivity contribution in [2.45, 2.75) is 0 Å². The van der Waals surface area contributed by atoms with Gasteiger partial charge in [0, 0.05) is 44.2 Å². The van der Waals surface area contributed by atoms with E-state index < -0.39 is 0 Å². The van der Waals surface area contributed by atoms with E-state index in [0.717, 1.165) is 49.9 Å². The number of benzene rings is 5. The number of rotatable bonds is 2. The number of hydrogen-bond donors (Lipinski definition) is 0. The van der Waals surface area contributed by atoms with Gasteiger partial charge in [-0.1, -0.05) is 72.8 Å². The molecule has 0 aliphatic rings. The van der Waals surface area contributed by atoms with Crippen molar-refractivity contribution in [3.8, 4) is 11.4 Å². The van der Waals surface area contributed by atoms with Crippen LogP contribution in [0.2, 0.25) is 0 Å². The lowest BCUT2D eigenvalue weighted by Gasteiger charge is -2.10. The van der Waals surface area contributed by atoms with Gasteiger partial charge in [-0.2, -0.15) is 0 Å². The van der Waals surface area contributed by atoms with Gasteiger partial charge in [-0.15, -0.1) is 0 Å². The summed E-state index contributed by atoms with van der Waals surface area (Å²) >= 11 is 0. The number of nitrogens with zero attached hydrogens (tertiary/aromatic N) is 3. The van der Waals surface area contributed by atoms with Crippen LogP contribution in [0.25, 0.3) is 76.9 Å². The third-order valence-electron chi connectivity index (χ3n) is 7.97. The van der Waals surface area contributed by atoms with Crippen molar-refractivity contribution in [2.24, 2.45) is 0 Å². The van der Waals surface area contributed by atoms with Gasteiger partial charge in [-0.05, 0) is 42.5 Å². The van der Waals surface area contributed by atoms with E-state index in [1.165, 1.54) is 27.1 Å². The van der Waals surface area contributed by atoms with E-state index in [1.54, 1.807) is 0 Å². The number of aromatic nitrogens is 3. The maximum Gasteiger partial charge on any atom is 0.160 e. The van der Waals surface area contributed by atoms with E-state index in [4.69, 9.17) is 4.42 Å². The molecule has 0 aliphatic heterocycles. The molecule has 0 amide bonds. The van der Waals surface area contributed by atoms with E-state index >= 15 is 0 Å². The Morgan fingerprint density at radius 2 is 1.10 bits per heavy atom. The van der Waals surface area contributed by atoms with Crippen molar-refractivity contribution in [1.82, 2.24) is 14.1 Å². The van der Waals surface area contributed by atoms with Crippen molar-refractivity contribution in [2.75, 3.05) is 0 Å². The average Bonchev–Trinajstić information content (AvgIpc) is 3.66. The highest BCUT2D eigenvalue weighted by atomic mass is 16.3. The predicted molar refractivity (Wildman–Crippen MR) is 160 cm³/mol. The molecule has 39 heavy (non-hydrogen) atoms. The van der Waals surface area contributed by atoms with Gasteiger partial charge in [0.05, 0.1) is 34.0 Å². The third kappa shape index (κ3) is 2.65. The molecule has 9 rings (SSSR count). The van der Waals surface area contributed by atoms with E-state index in [2.05, 4.69) is 117 Å². The molecule has 4 heteroatoms. The largest absolute Gasteiger partial charge is 0.454 e. The first-order valence-electron chi connectivity index (χ1n) is 13.2. The summed E-state index contributed by atoms with van der Waals surface area (Å²) < 4.78 is 11.5. The van der Waals surface area contributed by atoms with Gasteiger partial charge in [0.15, 0.2) is 5.58 Å². The number of furan rings is 1. The topological polar surface area (TPSA) is 35.9 Å². The Bertz CT molecular complexity index is 2370. The molecule has 0 atom stereocenters. The molecular weight excluding hydrogens is 478 g/mol.